The van der Waals surface area contributed by atoms with Crippen LogP contribution in [0.4, 0.5) is 5.69 Å². The maximum absolute atomic E-state index is 12.4. The van der Waals surface area contributed by atoms with Gasteiger partial charge in [-0.2, -0.15) is 0 Å². The summed E-state index contributed by atoms with van der Waals surface area (Å²) in [6.07, 6.45) is 3.36. The van der Waals surface area contributed by atoms with Crippen LogP contribution in [0.2, 0.25) is 0 Å². The van der Waals surface area contributed by atoms with Gasteiger partial charge in [-0.25, -0.2) is 8.42 Å². The molecule has 0 aliphatic heterocycles. The van der Waals surface area contributed by atoms with Crippen LogP contribution in [-0.2, 0) is 21.9 Å². The zero-order valence-corrected chi connectivity index (χ0v) is 14.1. The molecule has 0 radical (unpaired) electrons. The summed E-state index contributed by atoms with van der Waals surface area (Å²) >= 11 is 3.40. The van der Waals surface area contributed by atoms with Crippen LogP contribution < -0.4 is 4.31 Å². The van der Waals surface area contributed by atoms with Crippen molar-refractivity contribution in [3.8, 4) is 0 Å². The first kappa shape index (κ1) is 16.0. The number of alkyl halides is 1. The van der Waals surface area contributed by atoms with Gasteiger partial charge >= 0.3 is 0 Å². The number of anilines is 1. The molecule has 6 heteroatoms. The van der Waals surface area contributed by atoms with E-state index in [9.17, 15) is 8.42 Å². The summed E-state index contributed by atoms with van der Waals surface area (Å²) in [4.78, 5) is 4.04. The third kappa shape index (κ3) is 4.04. The minimum atomic E-state index is -3.35. The topological polar surface area (TPSA) is 50.3 Å². The lowest BCUT2D eigenvalue weighted by Gasteiger charge is -2.24. The van der Waals surface area contributed by atoms with Crippen molar-refractivity contribution < 1.29 is 8.42 Å². The average Bonchev–Trinajstić information content (AvgIpc) is 2.53. The van der Waals surface area contributed by atoms with Crippen molar-refractivity contribution in [1.82, 2.24) is 4.98 Å². The van der Waals surface area contributed by atoms with E-state index in [2.05, 4.69) is 20.9 Å². The molecular weight excluding hydrogens is 352 g/mol. The largest absolute Gasteiger partial charge is 0.266 e. The van der Waals surface area contributed by atoms with E-state index < -0.39 is 10.0 Å². The second-order valence-corrected chi connectivity index (χ2v) is 7.31. The molecule has 0 aliphatic carbocycles. The molecule has 2 aromatic rings. The second-order valence-electron chi connectivity index (χ2n) is 4.57. The Morgan fingerprint density at radius 2 is 1.95 bits per heavy atom. The maximum Gasteiger partial charge on any atom is 0.235 e. The lowest BCUT2D eigenvalue weighted by Crippen LogP contribution is -2.31. The molecule has 0 bridgehead atoms. The Morgan fingerprint density at radius 1 is 1.19 bits per heavy atom. The molecule has 0 amide bonds. The molecule has 4 nitrogen and oxygen atoms in total. The smallest absolute Gasteiger partial charge is 0.235 e. The number of halogens is 1. The summed E-state index contributed by atoms with van der Waals surface area (Å²) in [5.41, 5.74) is 2.58. The Morgan fingerprint density at radius 3 is 2.57 bits per heavy atom. The molecule has 0 saturated carbocycles. The number of aromatic nitrogens is 1. The number of sulfonamides is 1. The number of hydrogen-bond donors (Lipinski definition) is 0. The highest BCUT2D eigenvalue weighted by atomic mass is 79.9. The molecule has 0 aliphatic rings. The first-order valence-electron chi connectivity index (χ1n) is 6.61. The van der Waals surface area contributed by atoms with Gasteiger partial charge in [0, 0.05) is 17.7 Å². The summed E-state index contributed by atoms with van der Waals surface area (Å²) < 4.78 is 26.2. The highest BCUT2D eigenvalue weighted by Crippen LogP contribution is 2.23. The van der Waals surface area contributed by atoms with Crippen molar-refractivity contribution in [1.29, 1.82) is 0 Å². The van der Waals surface area contributed by atoms with Crippen molar-refractivity contribution in [2.45, 2.75) is 18.8 Å². The first-order chi connectivity index (χ1) is 10.1. The van der Waals surface area contributed by atoms with Gasteiger partial charge in [-0.3, -0.25) is 9.29 Å². The molecule has 0 unspecified atom stereocenters. The molecule has 0 atom stereocenters. The predicted octanol–water partition coefficient (Wildman–Crippen LogP) is 3.33. The van der Waals surface area contributed by atoms with Gasteiger partial charge in [0.25, 0.3) is 0 Å². The molecule has 0 saturated heterocycles. The molecule has 0 spiro atoms. The molecule has 1 aromatic carbocycles. The van der Waals surface area contributed by atoms with Crippen LogP contribution in [0.3, 0.4) is 0 Å². The summed E-state index contributed by atoms with van der Waals surface area (Å²) in [5, 5.41) is 0.688. The number of rotatable bonds is 6. The van der Waals surface area contributed by atoms with Crippen molar-refractivity contribution in [2.24, 2.45) is 0 Å². The molecule has 1 heterocycles. The van der Waals surface area contributed by atoms with Crippen LogP contribution in [0.1, 0.15) is 18.1 Å². The predicted molar refractivity (Wildman–Crippen MR) is 89.0 cm³/mol. The van der Waals surface area contributed by atoms with Gasteiger partial charge in [0.05, 0.1) is 18.0 Å². The Bertz CT molecular complexity index is 690. The summed E-state index contributed by atoms with van der Waals surface area (Å²) in [6.45, 7) is 1.94. The molecule has 21 heavy (non-hydrogen) atoms. The minimum Gasteiger partial charge on any atom is -0.266 e. The fourth-order valence-corrected chi connectivity index (χ4v) is 3.40. The van der Waals surface area contributed by atoms with Gasteiger partial charge in [0.15, 0.2) is 0 Å². The van der Waals surface area contributed by atoms with Gasteiger partial charge in [-0.15, -0.1) is 0 Å². The maximum atomic E-state index is 12.4. The molecule has 2 rings (SSSR count). The molecule has 1 aromatic heterocycles. The van der Waals surface area contributed by atoms with E-state index in [4.69, 9.17) is 0 Å². The van der Waals surface area contributed by atoms with Crippen LogP contribution in [0.25, 0.3) is 0 Å². The van der Waals surface area contributed by atoms with Crippen LogP contribution in [0.5, 0.6) is 0 Å². The number of benzene rings is 1. The van der Waals surface area contributed by atoms with Gasteiger partial charge in [0.2, 0.25) is 10.0 Å². The zero-order valence-electron chi connectivity index (χ0n) is 11.7. The first-order valence-corrected chi connectivity index (χ1v) is 9.34. The molecule has 112 valence electrons. The van der Waals surface area contributed by atoms with Crippen LogP contribution >= 0.6 is 15.9 Å². The van der Waals surface area contributed by atoms with E-state index in [1.807, 2.05) is 30.3 Å². The molecule has 0 fully saturated rings. The van der Waals surface area contributed by atoms with Gasteiger partial charge in [-0.1, -0.05) is 34.1 Å². The molecule has 0 N–H and O–H groups in total. The van der Waals surface area contributed by atoms with Gasteiger partial charge in [0.1, 0.15) is 0 Å². The van der Waals surface area contributed by atoms with E-state index in [1.54, 1.807) is 25.4 Å². The van der Waals surface area contributed by atoms with Crippen LogP contribution in [-0.4, -0.2) is 19.2 Å². The number of pyridine rings is 1. The van der Waals surface area contributed by atoms with E-state index in [-0.39, 0.29) is 12.3 Å². The van der Waals surface area contributed by atoms with Crippen molar-refractivity contribution in [2.75, 3.05) is 10.1 Å². The number of nitrogens with zero attached hydrogens (tertiary/aromatic N) is 2. The van der Waals surface area contributed by atoms with Gasteiger partial charge < -0.3 is 0 Å². The highest BCUT2D eigenvalue weighted by molar-refractivity contribution is 9.08. The second kappa shape index (κ2) is 7.04. The standard InChI is InChI=1S/C15H17BrN2O2S/c1-2-21(19,20)18(12-14-6-4-8-17-11-14)15-7-3-5-13(9-15)10-16/h3-9,11H,2,10,12H2,1H3. The summed E-state index contributed by atoms with van der Waals surface area (Å²) in [7, 11) is -3.35. The fourth-order valence-electron chi connectivity index (χ4n) is 1.96. The third-order valence-electron chi connectivity index (χ3n) is 3.10. The van der Waals surface area contributed by atoms with Crippen molar-refractivity contribution >= 4 is 31.6 Å². The number of hydrogen-bond acceptors (Lipinski definition) is 3. The third-order valence-corrected chi connectivity index (χ3v) is 5.49. The van der Waals surface area contributed by atoms with Crippen LogP contribution in [0.15, 0.2) is 48.8 Å². The summed E-state index contributed by atoms with van der Waals surface area (Å²) in [5.74, 6) is 0.0613. The Balaban J connectivity index is 2.41. The Kier molecular flexibility index (Phi) is 5.36. The average molecular weight is 369 g/mol. The fraction of sp³-hybridized carbons (Fsp3) is 0.267. The SMILES string of the molecule is CCS(=O)(=O)N(Cc1cccnc1)c1cccc(CBr)c1. The Hall–Kier alpha value is -1.40. The van der Waals surface area contributed by atoms with E-state index in [0.29, 0.717) is 11.0 Å². The lowest BCUT2D eigenvalue weighted by molar-refractivity contribution is 0.591. The monoisotopic (exact) mass is 368 g/mol. The van der Waals surface area contributed by atoms with E-state index >= 15 is 0 Å². The van der Waals surface area contributed by atoms with Crippen molar-refractivity contribution in [3.63, 3.8) is 0 Å². The van der Waals surface area contributed by atoms with Crippen LogP contribution in [0, 0.1) is 0 Å². The zero-order chi connectivity index (χ0) is 15.3. The Labute approximate surface area is 134 Å². The quantitative estimate of drug-likeness (QED) is 0.734. The van der Waals surface area contributed by atoms with E-state index in [1.165, 1.54) is 4.31 Å². The highest BCUT2D eigenvalue weighted by Gasteiger charge is 2.21. The lowest BCUT2D eigenvalue weighted by atomic mass is 10.2. The van der Waals surface area contributed by atoms with E-state index in [0.717, 1.165) is 11.1 Å². The van der Waals surface area contributed by atoms with Crippen molar-refractivity contribution in [3.05, 3.63) is 59.9 Å². The summed E-state index contributed by atoms with van der Waals surface area (Å²) in [6, 6.07) is 11.2. The molecular formula is C15H17BrN2O2S. The van der Waals surface area contributed by atoms with Gasteiger partial charge in [-0.05, 0) is 36.2 Å². The minimum absolute atomic E-state index is 0.0613. The normalized spacial score (nSPS) is 11.3.